The molecule has 3 rings (SSSR count). The molecule has 1 aliphatic heterocycles. The van der Waals surface area contributed by atoms with Crippen molar-refractivity contribution in [1.29, 1.82) is 0 Å². The molecule has 0 saturated carbocycles. The number of aromatic nitrogens is 2. The van der Waals surface area contributed by atoms with E-state index < -0.39 is 5.97 Å². The lowest BCUT2D eigenvalue weighted by Crippen LogP contribution is -2.31. The van der Waals surface area contributed by atoms with Crippen molar-refractivity contribution in [3.8, 4) is 17.0 Å². The molecule has 1 aromatic carbocycles. The number of fused-ring (bicyclic) bond motifs is 3. The van der Waals surface area contributed by atoms with Crippen LogP contribution in [0.25, 0.3) is 11.3 Å². The maximum Gasteiger partial charge on any atom is 0.335 e. The highest BCUT2D eigenvalue weighted by molar-refractivity contribution is 5.90. The molecule has 5 nitrogen and oxygen atoms in total. The summed E-state index contributed by atoms with van der Waals surface area (Å²) in [4.78, 5) is 15.3. The number of rotatable bonds is 1. The third-order valence-corrected chi connectivity index (χ3v) is 3.37. The van der Waals surface area contributed by atoms with E-state index in [1.54, 1.807) is 30.7 Å². The van der Waals surface area contributed by atoms with Gasteiger partial charge in [-0.15, -0.1) is 0 Å². The first-order chi connectivity index (χ1) is 8.99. The summed E-state index contributed by atoms with van der Waals surface area (Å²) in [6.45, 7) is 4.63. The van der Waals surface area contributed by atoms with Crippen molar-refractivity contribution in [2.75, 3.05) is 6.61 Å². The lowest BCUT2D eigenvalue weighted by atomic mass is 10.0. The molecule has 1 aromatic heterocycles. The van der Waals surface area contributed by atoms with Crippen molar-refractivity contribution in [3.05, 3.63) is 36.3 Å². The number of ether oxygens (including phenoxy) is 1. The number of hydrogen-bond donors (Lipinski definition) is 1. The molecular weight excluding hydrogens is 244 g/mol. The molecule has 0 amide bonds. The Balaban J connectivity index is 2.25. The number of carboxylic acids is 1. The SMILES string of the molecule is CC1(C)COc2ccc(C(=O)O)cc2-c2cncn21. The van der Waals surface area contributed by atoms with Crippen LogP contribution in [0, 0.1) is 0 Å². The van der Waals surface area contributed by atoms with Gasteiger partial charge in [0.2, 0.25) is 0 Å². The minimum atomic E-state index is -0.947. The fourth-order valence-corrected chi connectivity index (χ4v) is 2.29. The first-order valence-corrected chi connectivity index (χ1v) is 6.02. The predicted molar refractivity (Wildman–Crippen MR) is 69.4 cm³/mol. The number of imidazole rings is 1. The summed E-state index contributed by atoms with van der Waals surface area (Å²) in [5, 5.41) is 9.09. The second-order valence-corrected chi connectivity index (χ2v) is 5.27. The highest BCUT2D eigenvalue weighted by atomic mass is 16.5. The molecular formula is C14H14N2O3. The maximum atomic E-state index is 11.1. The lowest BCUT2D eigenvalue weighted by Gasteiger charge is -2.25. The topological polar surface area (TPSA) is 64.3 Å². The van der Waals surface area contributed by atoms with E-state index in [0.717, 1.165) is 11.3 Å². The third kappa shape index (κ3) is 1.78. The van der Waals surface area contributed by atoms with Crippen LogP contribution >= 0.6 is 0 Å². The Hall–Kier alpha value is -2.30. The van der Waals surface area contributed by atoms with Gasteiger partial charge in [0, 0.05) is 5.56 Å². The summed E-state index contributed by atoms with van der Waals surface area (Å²) in [5.74, 6) is -0.255. The van der Waals surface area contributed by atoms with E-state index in [9.17, 15) is 4.79 Å². The maximum absolute atomic E-state index is 11.1. The Morgan fingerprint density at radius 3 is 3.00 bits per heavy atom. The van der Waals surface area contributed by atoms with E-state index in [4.69, 9.17) is 9.84 Å². The molecule has 98 valence electrons. The molecule has 0 spiro atoms. The number of hydrogen-bond acceptors (Lipinski definition) is 3. The molecule has 0 radical (unpaired) electrons. The minimum Gasteiger partial charge on any atom is -0.490 e. The fraction of sp³-hybridized carbons (Fsp3) is 0.286. The Labute approximate surface area is 110 Å². The first kappa shape index (κ1) is 11.8. The number of carbonyl (C=O) groups is 1. The minimum absolute atomic E-state index is 0.228. The van der Waals surface area contributed by atoms with Gasteiger partial charge >= 0.3 is 5.97 Å². The van der Waals surface area contributed by atoms with Gasteiger partial charge in [-0.1, -0.05) is 0 Å². The summed E-state index contributed by atoms with van der Waals surface area (Å²) in [6.07, 6.45) is 3.49. The zero-order valence-corrected chi connectivity index (χ0v) is 10.8. The number of carboxylic acid groups (broad SMARTS) is 1. The van der Waals surface area contributed by atoms with Crippen LogP contribution in [0.15, 0.2) is 30.7 Å². The van der Waals surface area contributed by atoms with Gasteiger partial charge in [-0.25, -0.2) is 9.78 Å². The van der Waals surface area contributed by atoms with Gasteiger partial charge in [-0.05, 0) is 32.0 Å². The van der Waals surface area contributed by atoms with E-state index in [0.29, 0.717) is 12.4 Å². The van der Waals surface area contributed by atoms with Crippen molar-refractivity contribution >= 4 is 5.97 Å². The molecule has 1 aliphatic rings. The van der Waals surface area contributed by atoms with Gasteiger partial charge < -0.3 is 14.4 Å². The quantitative estimate of drug-likeness (QED) is 0.853. The third-order valence-electron chi connectivity index (χ3n) is 3.37. The van der Waals surface area contributed by atoms with Crippen LogP contribution in [-0.4, -0.2) is 27.2 Å². The van der Waals surface area contributed by atoms with Gasteiger partial charge in [0.05, 0.1) is 29.3 Å². The van der Waals surface area contributed by atoms with Crippen LogP contribution in [0.4, 0.5) is 0 Å². The fourth-order valence-electron chi connectivity index (χ4n) is 2.29. The molecule has 2 heterocycles. The summed E-state index contributed by atoms with van der Waals surface area (Å²) < 4.78 is 7.82. The Bertz CT molecular complexity index is 658. The van der Waals surface area contributed by atoms with Crippen molar-refractivity contribution in [2.24, 2.45) is 0 Å². The van der Waals surface area contributed by atoms with Gasteiger partial charge in [0.25, 0.3) is 0 Å². The molecule has 0 aliphatic carbocycles. The average Bonchev–Trinajstić information content (AvgIpc) is 2.82. The van der Waals surface area contributed by atoms with E-state index in [1.165, 1.54) is 0 Å². The number of benzene rings is 1. The Morgan fingerprint density at radius 2 is 2.26 bits per heavy atom. The Morgan fingerprint density at radius 1 is 1.47 bits per heavy atom. The first-order valence-electron chi connectivity index (χ1n) is 6.02. The van der Waals surface area contributed by atoms with Crippen LogP contribution in [0.2, 0.25) is 0 Å². The van der Waals surface area contributed by atoms with Crippen LogP contribution in [-0.2, 0) is 5.54 Å². The second kappa shape index (κ2) is 3.85. The van der Waals surface area contributed by atoms with Gasteiger partial charge in [0.15, 0.2) is 0 Å². The molecule has 2 aromatic rings. The molecule has 0 unspecified atom stereocenters. The van der Waals surface area contributed by atoms with E-state index in [2.05, 4.69) is 18.8 Å². The zero-order chi connectivity index (χ0) is 13.6. The van der Waals surface area contributed by atoms with Crippen molar-refractivity contribution in [3.63, 3.8) is 0 Å². The molecule has 19 heavy (non-hydrogen) atoms. The molecule has 0 atom stereocenters. The van der Waals surface area contributed by atoms with Crippen LogP contribution < -0.4 is 4.74 Å². The van der Waals surface area contributed by atoms with Crippen molar-refractivity contribution in [1.82, 2.24) is 9.55 Å². The van der Waals surface area contributed by atoms with Gasteiger partial charge in [-0.3, -0.25) is 0 Å². The van der Waals surface area contributed by atoms with Crippen LogP contribution in [0.3, 0.4) is 0 Å². The monoisotopic (exact) mass is 258 g/mol. The highest BCUT2D eigenvalue weighted by Gasteiger charge is 2.29. The number of nitrogens with zero attached hydrogens (tertiary/aromatic N) is 2. The lowest BCUT2D eigenvalue weighted by molar-refractivity contribution is 0.0697. The van der Waals surface area contributed by atoms with Crippen LogP contribution in [0.5, 0.6) is 5.75 Å². The average molecular weight is 258 g/mol. The summed E-state index contributed by atoms with van der Waals surface area (Å²) in [7, 11) is 0. The smallest absolute Gasteiger partial charge is 0.335 e. The van der Waals surface area contributed by atoms with Crippen LogP contribution in [0.1, 0.15) is 24.2 Å². The standard InChI is InChI=1S/C14H14N2O3/c1-14(2)7-19-12-4-3-9(13(17)18)5-10(12)11-6-15-8-16(11)14/h3-6,8H,7H2,1-2H3,(H,17,18). The number of aromatic carboxylic acids is 1. The summed E-state index contributed by atoms with van der Waals surface area (Å²) in [6, 6.07) is 4.89. The normalized spacial score (nSPS) is 15.9. The van der Waals surface area contributed by atoms with E-state index in [-0.39, 0.29) is 11.1 Å². The highest BCUT2D eigenvalue weighted by Crippen LogP contribution is 2.37. The Kier molecular flexibility index (Phi) is 2.38. The predicted octanol–water partition coefficient (Wildman–Crippen LogP) is 2.38. The molecule has 0 bridgehead atoms. The largest absolute Gasteiger partial charge is 0.490 e. The van der Waals surface area contributed by atoms with Crippen molar-refractivity contribution in [2.45, 2.75) is 19.4 Å². The summed E-state index contributed by atoms with van der Waals surface area (Å²) in [5.41, 5.74) is 1.66. The molecule has 0 fully saturated rings. The molecule has 5 heteroatoms. The van der Waals surface area contributed by atoms with E-state index in [1.807, 2.05) is 4.57 Å². The van der Waals surface area contributed by atoms with Gasteiger partial charge in [0.1, 0.15) is 12.4 Å². The summed E-state index contributed by atoms with van der Waals surface area (Å²) >= 11 is 0. The second-order valence-electron chi connectivity index (χ2n) is 5.27. The van der Waals surface area contributed by atoms with Crippen molar-refractivity contribution < 1.29 is 14.6 Å². The zero-order valence-electron chi connectivity index (χ0n) is 10.8. The molecule has 0 saturated heterocycles. The van der Waals surface area contributed by atoms with Gasteiger partial charge in [-0.2, -0.15) is 0 Å². The molecule has 1 N–H and O–H groups in total. The van der Waals surface area contributed by atoms with E-state index >= 15 is 0 Å².